The summed E-state index contributed by atoms with van der Waals surface area (Å²) >= 11 is 0. The number of nitrogens with one attached hydrogen (secondary N) is 1. The molecule has 2 heterocycles. The molecule has 4 nitrogen and oxygen atoms in total. The lowest BCUT2D eigenvalue weighted by molar-refractivity contribution is 0.317. The third-order valence-corrected chi connectivity index (χ3v) is 3.94. The van der Waals surface area contributed by atoms with Gasteiger partial charge >= 0.3 is 0 Å². The Labute approximate surface area is 101 Å². The first-order valence-electron chi connectivity index (χ1n) is 6.71. The molecule has 1 aromatic heterocycles. The van der Waals surface area contributed by atoms with Gasteiger partial charge < -0.3 is 5.32 Å². The van der Waals surface area contributed by atoms with Gasteiger partial charge in [-0.1, -0.05) is 19.3 Å². The molecule has 4 heteroatoms. The quantitative estimate of drug-likeness (QED) is 0.808. The van der Waals surface area contributed by atoms with E-state index in [1.54, 1.807) is 4.68 Å². The van der Waals surface area contributed by atoms with Gasteiger partial charge in [0, 0.05) is 12.1 Å². The van der Waals surface area contributed by atoms with Crippen LogP contribution in [0.5, 0.6) is 0 Å². The van der Waals surface area contributed by atoms with Crippen molar-refractivity contribution in [3.63, 3.8) is 0 Å². The molecule has 0 bridgehead atoms. The Bertz CT molecular complexity index is 460. The van der Waals surface area contributed by atoms with Gasteiger partial charge in [-0.15, -0.1) is 0 Å². The van der Waals surface area contributed by atoms with Gasteiger partial charge in [-0.3, -0.25) is 4.79 Å². The van der Waals surface area contributed by atoms with E-state index in [2.05, 4.69) is 10.4 Å². The van der Waals surface area contributed by atoms with Gasteiger partial charge in [0.2, 0.25) is 0 Å². The monoisotopic (exact) mass is 233 g/mol. The molecule has 0 saturated heterocycles. The molecule has 1 aliphatic carbocycles. The van der Waals surface area contributed by atoms with Gasteiger partial charge in [0.15, 0.2) is 0 Å². The van der Waals surface area contributed by atoms with E-state index in [0.29, 0.717) is 6.04 Å². The second kappa shape index (κ2) is 4.51. The Balaban J connectivity index is 1.97. The molecule has 2 aliphatic rings. The van der Waals surface area contributed by atoms with Gasteiger partial charge in [-0.25, -0.2) is 4.68 Å². The van der Waals surface area contributed by atoms with Crippen molar-refractivity contribution in [2.45, 2.75) is 51.0 Å². The van der Waals surface area contributed by atoms with Crippen LogP contribution in [0.3, 0.4) is 0 Å². The van der Waals surface area contributed by atoms with Crippen LogP contribution < -0.4 is 10.9 Å². The zero-order valence-electron chi connectivity index (χ0n) is 10.1. The Hall–Kier alpha value is -1.32. The van der Waals surface area contributed by atoms with Crippen LogP contribution in [0.4, 0.5) is 5.69 Å². The average Bonchev–Trinajstić information content (AvgIpc) is 2.40. The summed E-state index contributed by atoms with van der Waals surface area (Å²) in [6.45, 7) is 0.960. The van der Waals surface area contributed by atoms with Crippen LogP contribution in [0, 0.1) is 0 Å². The average molecular weight is 233 g/mol. The van der Waals surface area contributed by atoms with Crippen molar-refractivity contribution < 1.29 is 0 Å². The molecule has 1 fully saturated rings. The number of rotatable bonds is 1. The molecule has 0 radical (unpaired) electrons. The molecule has 1 aromatic rings. The minimum atomic E-state index is 0.140. The van der Waals surface area contributed by atoms with Gasteiger partial charge in [0.1, 0.15) is 0 Å². The third kappa shape index (κ3) is 1.96. The topological polar surface area (TPSA) is 46.9 Å². The van der Waals surface area contributed by atoms with E-state index in [4.69, 9.17) is 0 Å². The summed E-state index contributed by atoms with van der Waals surface area (Å²) in [7, 11) is 0. The number of aromatic nitrogens is 2. The standard InChI is InChI=1S/C13H19N3O/c17-13-11-7-4-8-14-12(11)9-15-16(13)10-5-2-1-3-6-10/h9-10,14H,1-8H2. The lowest BCUT2D eigenvalue weighted by atomic mass is 9.95. The molecular weight excluding hydrogens is 214 g/mol. The van der Waals surface area contributed by atoms with Crippen LogP contribution in [0.25, 0.3) is 0 Å². The smallest absolute Gasteiger partial charge is 0.272 e. The lowest BCUT2D eigenvalue weighted by Crippen LogP contribution is -2.33. The van der Waals surface area contributed by atoms with Crippen LogP contribution in [-0.2, 0) is 6.42 Å². The zero-order valence-corrected chi connectivity index (χ0v) is 10.1. The predicted molar refractivity (Wildman–Crippen MR) is 67.4 cm³/mol. The number of hydrogen-bond acceptors (Lipinski definition) is 3. The largest absolute Gasteiger partial charge is 0.383 e. The van der Waals surface area contributed by atoms with E-state index in [9.17, 15) is 4.79 Å². The van der Waals surface area contributed by atoms with E-state index in [1.165, 1.54) is 19.3 Å². The first-order valence-corrected chi connectivity index (χ1v) is 6.71. The van der Waals surface area contributed by atoms with Crippen LogP contribution >= 0.6 is 0 Å². The van der Waals surface area contributed by atoms with Crippen molar-refractivity contribution in [2.75, 3.05) is 11.9 Å². The Morgan fingerprint density at radius 1 is 1.24 bits per heavy atom. The van der Waals surface area contributed by atoms with E-state index >= 15 is 0 Å². The van der Waals surface area contributed by atoms with Crippen molar-refractivity contribution in [3.8, 4) is 0 Å². The molecule has 1 N–H and O–H groups in total. The fourth-order valence-corrected chi connectivity index (χ4v) is 2.97. The SMILES string of the molecule is O=c1c2c(cnn1C1CCCCC1)NCCC2. The molecule has 0 aromatic carbocycles. The molecule has 0 unspecified atom stereocenters. The summed E-state index contributed by atoms with van der Waals surface area (Å²) in [6, 6.07) is 0.337. The summed E-state index contributed by atoms with van der Waals surface area (Å²) in [5.74, 6) is 0. The highest BCUT2D eigenvalue weighted by molar-refractivity contribution is 5.49. The molecule has 3 rings (SSSR count). The van der Waals surface area contributed by atoms with Crippen LogP contribution in [0.15, 0.2) is 11.0 Å². The van der Waals surface area contributed by atoms with Crippen LogP contribution in [0.1, 0.15) is 50.1 Å². The molecule has 0 atom stereocenters. The second-order valence-electron chi connectivity index (χ2n) is 5.11. The summed E-state index contributed by atoms with van der Waals surface area (Å²) in [5.41, 5.74) is 2.03. The summed E-state index contributed by atoms with van der Waals surface area (Å²) in [4.78, 5) is 12.4. The number of anilines is 1. The summed E-state index contributed by atoms with van der Waals surface area (Å²) < 4.78 is 1.74. The number of fused-ring (bicyclic) bond motifs is 1. The Morgan fingerprint density at radius 3 is 2.88 bits per heavy atom. The van der Waals surface area contributed by atoms with Gasteiger partial charge in [0.25, 0.3) is 5.56 Å². The highest BCUT2D eigenvalue weighted by Gasteiger charge is 2.21. The molecule has 1 aliphatic heterocycles. The molecular formula is C13H19N3O. The number of nitrogens with zero attached hydrogens (tertiary/aromatic N) is 2. The Kier molecular flexibility index (Phi) is 2.87. The minimum absolute atomic E-state index is 0.140. The van der Waals surface area contributed by atoms with E-state index in [0.717, 1.165) is 43.5 Å². The van der Waals surface area contributed by atoms with Gasteiger partial charge in [-0.05, 0) is 25.7 Å². The lowest BCUT2D eigenvalue weighted by Gasteiger charge is -2.25. The van der Waals surface area contributed by atoms with Gasteiger partial charge in [-0.2, -0.15) is 5.10 Å². The molecule has 1 saturated carbocycles. The van der Waals surface area contributed by atoms with Crippen LogP contribution in [0.2, 0.25) is 0 Å². The minimum Gasteiger partial charge on any atom is -0.383 e. The van der Waals surface area contributed by atoms with E-state index in [1.807, 2.05) is 6.20 Å². The van der Waals surface area contributed by atoms with Crippen LogP contribution in [-0.4, -0.2) is 16.3 Å². The first-order chi connectivity index (χ1) is 8.36. The third-order valence-electron chi connectivity index (χ3n) is 3.94. The summed E-state index contributed by atoms with van der Waals surface area (Å²) in [6.07, 6.45) is 9.77. The van der Waals surface area contributed by atoms with Gasteiger partial charge in [0.05, 0.1) is 17.9 Å². The maximum Gasteiger partial charge on any atom is 0.272 e. The molecule has 0 spiro atoms. The second-order valence-corrected chi connectivity index (χ2v) is 5.11. The van der Waals surface area contributed by atoms with Crippen molar-refractivity contribution in [3.05, 3.63) is 22.1 Å². The molecule has 17 heavy (non-hydrogen) atoms. The predicted octanol–water partition coefficient (Wildman–Crippen LogP) is 2.11. The fraction of sp³-hybridized carbons (Fsp3) is 0.692. The van der Waals surface area contributed by atoms with E-state index in [-0.39, 0.29) is 5.56 Å². The normalized spacial score (nSPS) is 20.7. The molecule has 0 amide bonds. The Morgan fingerprint density at radius 2 is 2.06 bits per heavy atom. The van der Waals surface area contributed by atoms with E-state index < -0.39 is 0 Å². The summed E-state index contributed by atoms with van der Waals surface area (Å²) in [5, 5.41) is 7.61. The number of hydrogen-bond donors (Lipinski definition) is 1. The highest BCUT2D eigenvalue weighted by Crippen LogP contribution is 2.27. The first kappa shape index (κ1) is 10.8. The maximum atomic E-state index is 12.4. The maximum absolute atomic E-state index is 12.4. The molecule has 92 valence electrons. The fourth-order valence-electron chi connectivity index (χ4n) is 2.97. The van der Waals surface area contributed by atoms with Crippen molar-refractivity contribution >= 4 is 5.69 Å². The highest BCUT2D eigenvalue weighted by atomic mass is 16.1. The zero-order chi connectivity index (χ0) is 11.7. The van der Waals surface area contributed by atoms with Crippen molar-refractivity contribution in [1.29, 1.82) is 0 Å². The van der Waals surface area contributed by atoms with Crippen molar-refractivity contribution in [2.24, 2.45) is 0 Å². The van der Waals surface area contributed by atoms with Crippen molar-refractivity contribution in [1.82, 2.24) is 9.78 Å².